The van der Waals surface area contributed by atoms with Crippen molar-refractivity contribution in [2.75, 3.05) is 33.8 Å². The highest BCUT2D eigenvalue weighted by Crippen LogP contribution is 2.38. The van der Waals surface area contributed by atoms with Crippen molar-refractivity contribution < 1.29 is 9.53 Å². The van der Waals surface area contributed by atoms with Gasteiger partial charge in [-0.15, -0.1) is 0 Å². The Morgan fingerprint density at radius 2 is 2.05 bits per heavy atom. The molecule has 2 atom stereocenters. The summed E-state index contributed by atoms with van der Waals surface area (Å²) in [5.41, 5.74) is -0.426. The molecule has 110 valence electrons. The monoisotopic (exact) mass is 268 g/mol. The van der Waals surface area contributed by atoms with Crippen molar-refractivity contribution in [2.24, 2.45) is 5.92 Å². The Morgan fingerprint density at radius 3 is 2.68 bits per heavy atom. The van der Waals surface area contributed by atoms with Gasteiger partial charge >= 0.3 is 5.97 Å². The zero-order chi connectivity index (χ0) is 13.7. The largest absolute Gasteiger partial charge is 0.468 e. The van der Waals surface area contributed by atoms with Crippen molar-refractivity contribution >= 4 is 5.97 Å². The second-order valence-corrected chi connectivity index (χ2v) is 5.99. The lowest BCUT2D eigenvalue weighted by Crippen LogP contribution is -2.54. The molecule has 2 rings (SSSR count). The minimum absolute atomic E-state index is 0.0730. The van der Waals surface area contributed by atoms with Crippen LogP contribution in [0.25, 0.3) is 0 Å². The van der Waals surface area contributed by atoms with Crippen LogP contribution < -0.4 is 5.32 Å². The van der Waals surface area contributed by atoms with Crippen molar-refractivity contribution in [1.29, 1.82) is 0 Å². The Balaban J connectivity index is 1.91. The van der Waals surface area contributed by atoms with Crippen molar-refractivity contribution in [3.8, 4) is 0 Å². The predicted octanol–water partition coefficient (Wildman–Crippen LogP) is 1.79. The summed E-state index contributed by atoms with van der Waals surface area (Å²) < 4.78 is 5.04. The fraction of sp³-hybridized carbons (Fsp3) is 0.933. The summed E-state index contributed by atoms with van der Waals surface area (Å²) >= 11 is 0. The fourth-order valence-electron chi connectivity index (χ4n) is 3.87. The zero-order valence-electron chi connectivity index (χ0n) is 12.4. The van der Waals surface area contributed by atoms with Crippen LogP contribution in [-0.4, -0.2) is 50.2 Å². The predicted molar refractivity (Wildman–Crippen MR) is 76.1 cm³/mol. The number of carbonyl (C=O) groups is 1. The molecule has 0 radical (unpaired) electrons. The van der Waals surface area contributed by atoms with Gasteiger partial charge in [0.05, 0.1) is 7.11 Å². The van der Waals surface area contributed by atoms with Gasteiger partial charge in [0.1, 0.15) is 5.54 Å². The second kappa shape index (κ2) is 6.71. The van der Waals surface area contributed by atoms with E-state index in [1.54, 1.807) is 0 Å². The molecule has 2 unspecified atom stereocenters. The lowest BCUT2D eigenvalue weighted by Gasteiger charge is -2.34. The molecule has 1 saturated heterocycles. The molecular formula is C15H28N2O2. The number of hydrogen-bond acceptors (Lipinski definition) is 4. The van der Waals surface area contributed by atoms with Gasteiger partial charge in [0.25, 0.3) is 0 Å². The maximum absolute atomic E-state index is 12.1. The van der Waals surface area contributed by atoms with Gasteiger partial charge in [0, 0.05) is 0 Å². The minimum atomic E-state index is -0.426. The molecular weight excluding hydrogens is 240 g/mol. The Bertz CT molecular complexity index is 303. The lowest BCUT2D eigenvalue weighted by atomic mass is 9.84. The fourth-order valence-corrected chi connectivity index (χ4v) is 3.87. The summed E-state index contributed by atoms with van der Waals surface area (Å²) in [5, 5.41) is 3.27. The molecule has 0 aromatic heterocycles. The molecule has 1 N–H and O–H groups in total. The molecule has 0 bridgehead atoms. The van der Waals surface area contributed by atoms with E-state index in [4.69, 9.17) is 4.74 Å². The summed E-state index contributed by atoms with van der Waals surface area (Å²) in [6, 6.07) is 0. The van der Waals surface area contributed by atoms with E-state index in [9.17, 15) is 4.79 Å². The number of likely N-dealkylation sites (tertiary alicyclic amines) is 1. The van der Waals surface area contributed by atoms with Crippen LogP contribution in [0.5, 0.6) is 0 Å². The summed E-state index contributed by atoms with van der Waals surface area (Å²) in [4.78, 5) is 14.7. The van der Waals surface area contributed by atoms with E-state index in [1.165, 1.54) is 39.5 Å². The number of esters is 1. The molecule has 0 spiro atoms. The second-order valence-electron chi connectivity index (χ2n) is 5.99. The van der Waals surface area contributed by atoms with Gasteiger partial charge in [-0.25, -0.2) is 0 Å². The first-order valence-electron chi connectivity index (χ1n) is 7.72. The van der Waals surface area contributed by atoms with Gasteiger partial charge in [-0.05, 0) is 64.7 Å². The first-order chi connectivity index (χ1) is 9.23. The number of nitrogens with zero attached hydrogens (tertiary/aromatic N) is 1. The van der Waals surface area contributed by atoms with Crippen LogP contribution in [0, 0.1) is 5.92 Å². The highest BCUT2D eigenvalue weighted by atomic mass is 16.5. The van der Waals surface area contributed by atoms with Gasteiger partial charge in [-0.1, -0.05) is 12.8 Å². The van der Waals surface area contributed by atoms with Gasteiger partial charge in [0.15, 0.2) is 0 Å². The van der Waals surface area contributed by atoms with Crippen LogP contribution >= 0.6 is 0 Å². The maximum Gasteiger partial charge on any atom is 0.326 e. The first kappa shape index (κ1) is 14.8. The Kier molecular flexibility index (Phi) is 5.22. The Labute approximate surface area is 116 Å². The summed E-state index contributed by atoms with van der Waals surface area (Å²) in [6.45, 7) is 3.60. The number of carbonyl (C=O) groups excluding carboxylic acids is 1. The van der Waals surface area contributed by atoms with Gasteiger partial charge in [-0.2, -0.15) is 0 Å². The molecule has 4 heteroatoms. The Morgan fingerprint density at radius 1 is 1.32 bits per heavy atom. The first-order valence-corrected chi connectivity index (χ1v) is 7.72. The maximum atomic E-state index is 12.1. The average Bonchev–Trinajstić information content (AvgIpc) is 2.89. The number of piperidine rings is 1. The van der Waals surface area contributed by atoms with Crippen LogP contribution in [-0.2, 0) is 9.53 Å². The van der Waals surface area contributed by atoms with E-state index < -0.39 is 5.54 Å². The van der Waals surface area contributed by atoms with Crippen molar-refractivity contribution in [2.45, 2.75) is 50.5 Å². The van der Waals surface area contributed by atoms with Gasteiger partial charge in [-0.3, -0.25) is 4.79 Å². The van der Waals surface area contributed by atoms with Crippen LogP contribution in [0.1, 0.15) is 44.9 Å². The molecule has 1 aliphatic heterocycles. The number of likely N-dealkylation sites (N-methyl/N-ethyl adjacent to an activating group) is 1. The number of nitrogens with one attached hydrogen (secondary N) is 1. The zero-order valence-corrected chi connectivity index (χ0v) is 12.4. The molecule has 1 aliphatic carbocycles. The van der Waals surface area contributed by atoms with E-state index in [-0.39, 0.29) is 5.97 Å². The lowest BCUT2D eigenvalue weighted by molar-refractivity contribution is -0.150. The smallest absolute Gasteiger partial charge is 0.326 e. The van der Waals surface area contributed by atoms with Crippen LogP contribution in [0.15, 0.2) is 0 Å². The van der Waals surface area contributed by atoms with Gasteiger partial charge in [0.2, 0.25) is 0 Å². The average molecular weight is 268 g/mol. The summed E-state index contributed by atoms with van der Waals surface area (Å²) in [7, 11) is 3.40. The molecule has 2 fully saturated rings. The Hall–Kier alpha value is -0.610. The highest BCUT2D eigenvalue weighted by molar-refractivity contribution is 5.81. The highest BCUT2D eigenvalue weighted by Gasteiger charge is 2.48. The van der Waals surface area contributed by atoms with E-state index in [0.29, 0.717) is 5.92 Å². The third kappa shape index (κ3) is 3.11. The van der Waals surface area contributed by atoms with E-state index >= 15 is 0 Å². The third-order valence-electron chi connectivity index (χ3n) is 5.06. The van der Waals surface area contributed by atoms with Crippen LogP contribution in [0.4, 0.5) is 0 Å². The molecule has 0 aromatic carbocycles. The topological polar surface area (TPSA) is 41.6 Å². The summed E-state index contributed by atoms with van der Waals surface area (Å²) in [5.74, 6) is 0.350. The number of ether oxygens (including phenoxy) is 1. The number of rotatable bonds is 5. The molecule has 1 saturated carbocycles. The molecule has 1 heterocycles. The number of methoxy groups -OCH3 is 1. The van der Waals surface area contributed by atoms with Crippen molar-refractivity contribution in [3.05, 3.63) is 0 Å². The SMILES string of the molecule is CNC1(C(=O)OC)CCCC1CCN1CCCCC1. The van der Waals surface area contributed by atoms with E-state index in [0.717, 1.165) is 32.2 Å². The van der Waals surface area contributed by atoms with Crippen molar-refractivity contribution in [3.63, 3.8) is 0 Å². The van der Waals surface area contributed by atoms with Crippen LogP contribution in [0.3, 0.4) is 0 Å². The third-order valence-corrected chi connectivity index (χ3v) is 5.06. The minimum Gasteiger partial charge on any atom is -0.468 e. The molecule has 0 aromatic rings. The normalized spacial score (nSPS) is 32.4. The molecule has 0 amide bonds. The standard InChI is InChI=1S/C15H28N2O2/c1-16-15(14(18)19-2)9-6-7-13(15)8-12-17-10-4-3-5-11-17/h13,16H,3-12H2,1-2H3. The van der Waals surface area contributed by atoms with Gasteiger partial charge < -0.3 is 15.0 Å². The molecule has 19 heavy (non-hydrogen) atoms. The summed E-state index contributed by atoms with van der Waals surface area (Å²) in [6.07, 6.45) is 8.33. The van der Waals surface area contributed by atoms with E-state index in [1.807, 2.05) is 7.05 Å². The molecule has 4 nitrogen and oxygen atoms in total. The number of hydrogen-bond donors (Lipinski definition) is 1. The van der Waals surface area contributed by atoms with E-state index in [2.05, 4.69) is 10.2 Å². The molecule has 2 aliphatic rings. The van der Waals surface area contributed by atoms with Crippen LogP contribution in [0.2, 0.25) is 0 Å². The quantitative estimate of drug-likeness (QED) is 0.772. The van der Waals surface area contributed by atoms with Crippen molar-refractivity contribution in [1.82, 2.24) is 10.2 Å².